The highest BCUT2D eigenvalue weighted by atomic mass is 14.5. The third-order valence-corrected chi connectivity index (χ3v) is 6.18. The van der Waals surface area contributed by atoms with Crippen molar-refractivity contribution < 1.29 is 0 Å². The van der Waals surface area contributed by atoms with Gasteiger partial charge in [-0.15, -0.1) is 0 Å². The highest BCUT2D eigenvalue weighted by molar-refractivity contribution is 5.56. The van der Waals surface area contributed by atoms with Gasteiger partial charge in [-0.05, 0) is 55.6 Å². The molecule has 0 aromatic rings. The topological polar surface area (TPSA) is 0 Å². The molecule has 4 aliphatic rings. The number of hydrogen-bond donors (Lipinski definition) is 0. The van der Waals surface area contributed by atoms with Crippen molar-refractivity contribution in [2.45, 2.75) is 38.5 Å². The van der Waals surface area contributed by atoms with Gasteiger partial charge in [-0.1, -0.05) is 96.7 Å². The summed E-state index contributed by atoms with van der Waals surface area (Å²) in [5.41, 5.74) is 5.74. The Bertz CT molecular complexity index is 816. The van der Waals surface area contributed by atoms with Gasteiger partial charge in [-0.25, -0.2) is 0 Å². The van der Waals surface area contributed by atoms with Crippen LogP contribution in [-0.4, -0.2) is 0 Å². The van der Waals surface area contributed by atoms with Crippen LogP contribution in [0, 0.1) is 11.3 Å². The molecule has 0 aliphatic heterocycles. The molecule has 0 fully saturated rings. The first-order valence-electron chi connectivity index (χ1n) is 9.94. The quantitative estimate of drug-likeness (QED) is 0.503. The highest BCUT2D eigenvalue weighted by Crippen LogP contribution is 2.56. The van der Waals surface area contributed by atoms with Crippen molar-refractivity contribution in [3.63, 3.8) is 0 Å². The summed E-state index contributed by atoms with van der Waals surface area (Å²) in [6.07, 6.45) is 36.4. The minimum Gasteiger partial charge on any atom is -0.0946 e. The van der Waals surface area contributed by atoms with Crippen molar-refractivity contribution in [3.8, 4) is 0 Å². The molecule has 0 bridgehead atoms. The lowest BCUT2D eigenvalue weighted by atomic mass is 9.56. The highest BCUT2D eigenvalue weighted by Gasteiger charge is 2.45. The second-order valence-electron chi connectivity index (χ2n) is 7.60. The Balaban J connectivity index is 1.99. The molecule has 4 rings (SSSR count). The molecule has 2 unspecified atom stereocenters. The Morgan fingerprint density at radius 3 is 2.54 bits per heavy atom. The van der Waals surface area contributed by atoms with Crippen LogP contribution in [0.1, 0.15) is 38.5 Å². The maximum absolute atomic E-state index is 4.64. The van der Waals surface area contributed by atoms with E-state index in [0.29, 0.717) is 5.92 Å². The van der Waals surface area contributed by atoms with Crippen LogP contribution in [0.5, 0.6) is 0 Å². The van der Waals surface area contributed by atoms with Crippen molar-refractivity contribution in [2.24, 2.45) is 11.3 Å². The van der Waals surface area contributed by atoms with E-state index in [1.54, 1.807) is 5.57 Å². The third kappa shape index (κ3) is 2.88. The van der Waals surface area contributed by atoms with Crippen LogP contribution < -0.4 is 0 Å². The monoisotopic (exact) mass is 340 g/mol. The van der Waals surface area contributed by atoms with E-state index in [4.69, 9.17) is 0 Å². The Morgan fingerprint density at radius 1 is 0.846 bits per heavy atom. The van der Waals surface area contributed by atoms with Gasteiger partial charge in [0.05, 0.1) is 0 Å². The molecule has 0 saturated heterocycles. The van der Waals surface area contributed by atoms with Crippen molar-refractivity contribution in [2.75, 3.05) is 0 Å². The van der Waals surface area contributed by atoms with Crippen molar-refractivity contribution >= 4 is 0 Å². The Hall–Kier alpha value is -2.34. The minimum absolute atomic E-state index is 0.124. The molecule has 0 nitrogen and oxygen atoms in total. The number of rotatable bonds is 2. The molecule has 0 aromatic carbocycles. The molecule has 0 aromatic heterocycles. The van der Waals surface area contributed by atoms with Gasteiger partial charge in [-0.2, -0.15) is 0 Å². The Morgan fingerprint density at radius 2 is 1.73 bits per heavy atom. The van der Waals surface area contributed by atoms with Gasteiger partial charge < -0.3 is 0 Å². The standard InChI is InChI=1S/C26H28/c1-21-13-5-2-6-14-22-15-11-12-20-25(22)26(21,23-16-7-3-8-17-23)24-18-9-4-10-19-24/h2-9,12-13,16,18,20,23H,1,10-11,14-15,17,19H2/b6-2-,13-5-. The molecule has 26 heavy (non-hydrogen) atoms. The smallest absolute Gasteiger partial charge is 0.0473 e. The molecule has 0 heterocycles. The van der Waals surface area contributed by atoms with Gasteiger partial charge in [0.2, 0.25) is 0 Å². The van der Waals surface area contributed by atoms with Crippen LogP contribution in [0.25, 0.3) is 0 Å². The summed E-state index contributed by atoms with van der Waals surface area (Å²) in [5.74, 6) is 0.424. The molecule has 0 N–H and O–H groups in total. The van der Waals surface area contributed by atoms with Crippen molar-refractivity contribution in [1.29, 1.82) is 0 Å². The first-order valence-corrected chi connectivity index (χ1v) is 9.94. The predicted octanol–water partition coefficient (Wildman–Crippen LogP) is 7.10. The molecule has 0 saturated carbocycles. The van der Waals surface area contributed by atoms with E-state index in [-0.39, 0.29) is 5.41 Å². The van der Waals surface area contributed by atoms with Gasteiger partial charge in [0.15, 0.2) is 0 Å². The molecule has 0 amide bonds. The van der Waals surface area contributed by atoms with E-state index in [0.717, 1.165) is 32.1 Å². The average molecular weight is 341 g/mol. The zero-order chi connectivity index (χ0) is 17.8. The number of allylic oxidation sites excluding steroid dienone is 17. The van der Waals surface area contributed by atoms with Gasteiger partial charge in [0.25, 0.3) is 0 Å². The zero-order valence-electron chi connectivity index (χ0n) is 15.5. The molecule has 0 radical (unpaired) electrons. The largest absolute Gasteiger partial charge is 0.0946 e. The lowest BCUT2D eigenvalue weighted by Crippen LogP contribution is -2.37. The summed E-state index contributed by atoms with van der Waals surface area (Å²) in [5, 5.41) is 0. The maximum atomic E-state index is 4.64. The summed E-state index contributed by atoms with van der Waals surface area (Å²) in [4.78, 5) is 0. The second-order valence-corrected chi connectivity index (χ2v) is 7.60. The van der Waals surface area contributed by atoms with Crippen molar-refractivity contribution in [3.05, 3.63) is 108 Å². The van der Waals surface area contributed by atoms with Gasteiger partial charge in [0, 0.05) is 5.41 Å². The fraction of sp³-hybridized carbons (Fsp3) is 0.308. The number of hydrogen-bond acceptors (Lipinski definition) is 0. The first-order chi connectivity index (χ1) is 12.8. The van der Waals surface area contributed by atoms with E-state index in [2.05, 4.69) is 85.6 Å². The van der Waals surface area contributed by atoms with Gasteiger partial charge in [-0.3, -0.25) is 0 Å². The van der Waals surface area contributed by atoms with E-state index in [1.807, 2.05) is 0 Å². The predicted molar refractivity (Wildman–Crippen MR) is 113 cm³/mol. The zero-order valence-corrected chi connectivity index (χ0v) is 15.5. The van der Waals surface area contributed by atoms with E-state index < -0.39 is 0 Å². The van der Waals surface area contributed by atoms with Gasteiger partial charge in [0.1, 0.15) is 0 Å². The third-order valence-electron chi connectivity index (χ3n) is 6.18. The van der Waals surface area contributed by atoms with Crippen molar-refractivity contribution in [1.82, 2.24) is 0 Å². The second kappa shape index (κ2) is 7.50. The summed E-state index contributed by atoms with van der Waals surface area (Å²) < 4.78 is 0. The van der Waals surface area contributed by atoms with Crippen LogP contribution in [0.2, 0.25) is 0 Å². The molecular weight excluding hydrogens is 312 g/mol. The van der Waals surface area contributed by atoms with Crippen LogP contribution in [0.15, 0.2) is 108 Å². The van der Waals surface area contributed by atoms with E-state index in [9.17, 15) is 0 Å². The van der Waals surface area contributed by atoms with E-state index >= 15 is 0 Å². The van der Waals surface area contributed by atoms with Crippen LogP contribution in [0.4, 0.5) is 0 Å². The van der Waals surface area contributed by atoms with Crippen LogP contribution in [-0.2, 0) is 0 Å². The molecule has 0 heteroatoms. The average Bonchev–Trinajstić information content (AvgIpc) is 2.77. The normalized spacial score (nSPS) is 33.2. The molecule has 4 aliphatic carbocycles. The Kier molecular flexibility index (Phi) is 4.93. The SMILES string of the molecule is C=C1/C=C\C=C/CC2=C(C=CCC2)C1(C1=CC=CCC1)C1C=CC=CC1. The minimum atomic E-state index is -0.124. The molecule has 132 valence electrons. The fourth-order valence-electron chi connectivity index (χ4n) is 4.99. The lowest BCUT2D eigenvalue weighted by Gasteiger charge is -2.46. The Labute approximate surface area is 158 Å². The summed E-state index contributed by atoms with van der Waals surface area (Å²) in [6, 6.07) is 0. The van der Waals surface area contributed by atoms with Crippen LogP contribution in [0.3, 0.4) is 0 Å². The maximum Gasteiger partial charge on any atom is 0.0473 e. The molecular formula is C26H28. The molecule has 2 atom stereocenters. The molecule has 0 spiro atoms. The van der Waals surface area contributed by atoms with Gasteiger partial charge >= 0.3 is 0 Å². The first kappa shape index (κ1) is 17.1. The lowest BCUT2D eigenvalue weighted by molar-refractivity contribution is 0.370. The summed E-state index contributed by atoms with van der Waals surface area (Å²) in [7, 11) is 0. The summed E-state index contributed by atoms with van der Waals surface area (Å²) in [6.45, 7) is 4.64. The van der Waals surface area contributed by atoms with Crippen LogP contribution >= 0.6 is 0 Å². The van der Waals surface area contributed by atoms with E-state index in [1.165, 1.54) is 23.1 Å². The fourth-order valence-corrected chi connectivity index (χ4v) is 4.99. The summed E-state index contributed by atoms with van der Waals surface area (Å²) >= 11 is 0.